The van der Waals surface area contributed by atoms with Crippen molar-refractivity contribution < 1.29 is 9.53 Å². The molecule has 0 aliphatic carbocycles. The van der Waals surface area contributed by atoms with Crippen molar-refractivity contribution in [2.24, 2.45) is 4.99 Å². The highest BCUT2D eigenvalue weighted by molar-refractivity contribution is 9.10. The van der Waals surface area contributed by atoms with Crippen molar-refractivity contribution >= 4 is 40.0 Å². The highest BCUT2D eigenvalue weighted by Crippen LogP contribution is 2.26. The van der Waals surface area contributed by atoms with E-state index in [0.717, 1.165) is 0 Å². The number of carbonyl (C=O) groups is 1. The number of aliphatic imine (C=N–C) groups is 1. The van der Waals surface area contributed by atoms with E-state index in [1.165, 1.54) is 0 Å². The predicted molar refractivity (Wildman–Crippen MR) is 102 cm³/mol. The minimum Gasteiger partial charge on any atom is -0.444 e. The lowest BCUT2D eigenvalue weighted by atomic mass is 10.2. The summed E-state index contributed by atoms with van der Waals surface area (Å²) in [6.45, 7) is 8.06. The average molecular weight is 413 g/mol. The Morgan fingerprint density at radius 1 is 1.32 bits per heavy atom. The Bertz CT molecular complexity index is 636. The maximum Gasteiger partial charge on any atom is 0.410 e. The molecule has 25 heavy (non-hydrogen) atoms. The minimum absolute atomic E-state index is 0.278. The Morgan fingerprint density at radius 2 is 1.96 bits per heavy atom. The standard InChI is InChI=1S/C16H25BrN6O2/c1-16(2,3)25-15(24)23-8-6-22(7-9-23)14-13(19-11-21(4)5)20-12(17)10-18-14/h10-11H,6-9H2,1-5H3/b19-11+. The Morgan fingerprint density at radius 3 is 2.52 bits per heavy atom. The largest absolute Gasteiger partial charge is 0.444 e. The van der Waals surface area contributed by atoms with Gasteiger partial charge in [-0.25, -0.2) is 19.8 Å². The summed E-state index contributed by atoms with van der Waals surface area (Å²) in [4.78, 5) is 31.1. The molecule has 2 heterocycles. The van der Waals surface area contributed by atoms with Gasteiger partial charge in [0.2, 0.25) is 0 Å². The van der Waals surface area contributed by atoms with Crippen LogP contribution in [0.2, 0.25) is 0 Å². The van der Waals surface area contributed by atoms with Crippen molar-refractivity contribution in [3.8, 4) is 0 Å². The van der Waals surface area contributed by atoms with Crippen LogP contribution in [0.1, 0.15) is 20.8 Å². The molecule has 8 nitrogen and oxygen atoms in total. The molecule has 0 N–H and O–H groups in total. The third kappa shape index (κ3) is 5.84. The summed E-state index contributed by atoms with van der Waals surface area (Å²) in [7, 11) is 3.79. The zero-order chi connectivity index (χ0) is 18.6. The first-order chi connectivity index (χ1) is 11.7. The molecule has 0 unspecified atom stereocenters. The molecular formula is C16H25BrN6O2. The van der Waals surface area contributed by atoms with Crippen LogP contribution >= 0.6 is 15.9 Å². The molecule has 0 radical (unpaired) electrons. The van der Waals surface area contributed by atoms with Gasteiger partial charge in [-0.2, -0.15) is 0 Å². The van der Waals surface area contributed by atoms with Gasteiger partial charge in [-0.15, -0.1) is 0 Å². The van der Waals surface area contributed by atoms with Crippen LogP contribution in [0.15, 0.2) is 15.8 Å². The third-order valence-corrected chi connectivity index (χ3v) is 3.73. The first-order valence-corrected chi connectivity index (χ1v) is 8.91. The van der Waals surface area contributed by atoms with Gasteiger partial charge < -0.3 is 19.4 Å². The van der Waals surface area contributed by atoms with E-state index in [4.69, 9.17) is 4.74 Å². The van der Waals surface area contributed by atoms with E-state index in [9.17, 15) is 4.79 Å². The lowest BCUT2D eigenvalue weighted by Crippen LogP contribution is -2.50. The van der Waals surface area contributed by atoms with Gasteiger partial charge in [0.1, 0.15) is 10.2 Å². The molecule has 1 aromatic heterocycles. The van der Waals surface area contributed by atoms with Crippen molar-refractivity contribution in [1.82, 2.24) is 19.8 Å². The molecule has 138 valence electrons. The molecule has 0 saturated carbocycles. The summed E-state index contributed by atoms with van der Waals surface area (Å²) in [6, 6.07) is 0. The van der Waals surface area contributed by atoms with Crippen molar-refractivity contribution in [1.29, 1.82) is 0 Å². The molecule has 0 atom stereocenters. The number of hydrogen-bond acceptors (Lipinski definition) is 6. The van der Waals surface area contributed by atoms with Gasteiger partial charge in [0.05, 0.1) is 12.5 Å². The summed E-state index contributed by atoms with van der Waals surface area (Å²) in [5.41, 5.74) is -0.487. The fraction of sp³-hybridized carbons (Fsp3) is 0.625. The quantitative estimate of drug-likeness (QED) is 0.560. The van der Waals surface area contributed by atoms with Crippen LogP contribution < -0.4 is 4.90 Å². The second kappa shape index (κ2) is 7.99. The summed E-state index contributed by atoms with van der Waals surface area (Å²) < 4.78 is 6.06. The molecule has 1 saturated heterocycles. The Balaban J connectivity index is 2.07. The molecule has 1 amide bonds. The third-order valence-electron chi connectivity index (χ3n) is 3.35. The normalized spacial score (nSPS) is 15.6. The SMILES string of the molecule is CN(C)/C=N/c1nc(Br)cnc1N1CCN(C(=O)OC(C)(C)C)CC1. The summed E-state index contributed by atoms with van der Waals surface area (Å²) in [5, 5.41) is 0. The lowest BCUT2D eigenvalue weighted by molar-refractivity contribution is 0.0240. The molecule has 1 aliphatic heterocycles. The van der Waals surface area contributed by atoms with Crippen LogP contribution in [0.4, 0.5) is 16.4 Å². The molecule has 1 aliphatic rings. The first-order valence-electron chi connectivity index (χ1n) is 8.12. The maximum absolute atomic E-state index is 12.2. The molecule has 9 heteroatoms. The van der Waals surface area contributed by atoms with Crippen LogP contribution in [-0.2, 0) is 4.74 Å². The number of halogens is 1. The first kappa shape index (κ1) is 19.4. The van der Waals surface area contributed by atoms with E-state index in [0.29, 0.717) is 42.4 Å². The van der Waals surface area contributed by atoms with Crippen LogP contribution in [0.25, 0.3) is 0 Å². The van der Waals surface area contributed by atoms with Crippen molar-refractivity contribution in [3.05, 3.63) is 10.8 Å². The zero-order valence-electron chi connectivity index (χ0n) is 15.4. The van der Waals surface area contributed by atoms with Gasteiger partial charge in [0.25, 0.3) is 0 Å². The smallest absolute Gasteiger partial charge is 0.410 e. The van der Waals surface area contributed by atoms with Crippen LogP contribution in [0.5, 0.6) is 0 Å². The van der Waals surface area contributed by atoms with Gasteiger partial charge in [-0.1, -0.05) is 0 Å². The number of carbonyl (C=O) groups excluding carboxylic acids is 1. The van der Waals surface area contributed by atoms with Gasteiger partial charge in [0.15, 0.2) is 11.6 Å². The molecule has 0 bridgehead atoms. The van der Waals surface area contributed by atoms with Crippen molar-refractivity contribution in [3.63, 3.8) is 0 Å². The van der Waals surface area contributed by atoms with E-state index in [1.807, 2.05) is 39.8 Å². The van der Waals surface area contributed by atoms with Crippen molar-refractivity contribution in [2.45, 2.75) is 26.4 Å². The van der Waals surface area contributed by atoms with Crippen LogP contribution in [0, 0.1) is 0 Å². The second-order valence-corrected chi connectivity index (χ2v) is 7.82. The van der Waals surface area contributed by atoms with E-state index < -0.39 is 5.60 Å². The number of anilines is 1. The summed E-state index contributed by atoms with van der Waals surface area (Å²) in [5.74, 6) is 1.26. The summed E-state index contributed by atoms with van der Waals surface area (Å²) >= 11 is 3.33. The predicted octanol–water partition coefficient (Wildman–Crippen LogP) is 2.52. The molecular weight excluding hydrogens is 388 g/mol. The van der Waals surface area contributed by atoms with Gasteiger partial charge in [-0.05, 0) is 36.7 Å². The second-order valence-electron chi connectivity index (χ2n) is 7.00. The Hall–Kier alpha value is -1.90. The molecule has 2 rings (SSSR count). The fourth-order valence-electron chi connectivity index (χ4n) is 2.26. The van der Waals surface area contributed by atoms with Gasteiger partial charge >= 0.3 is 6.09 Å². The highest BCUT2D eigenvalue weighted by atomic mass is 79.9. The zero-order valence-corrected chi connectivity index (χ0v) is 16.9. The van der Waals surface area contributed by atoms with Crippen LogP contribution in [-0.4, -0.2) is 78.1 Å². The topological polar surface area (TPSA) is 74.2 Å². The minimum atomic E-state index is -0.487. The monoisotopic (exact) mass is 412 g/mol. The Kier molecular flexibility index (Phi) is 6.21. The molecule has 0 spiro atoms. The maximum atomic E-state index is 12.2. The average Bonchev–Trinajstić information content (AvgIpc) is 2.51. The lowest BCUT2D eigenvalue weighted by Gasteiger charge is -2.36. The fourth-order valence-corrected chi connectivity index (χ4v) is 2.53. The Labute approximate surface area is 157 Å². The number of rotatable bonds is 3. The van der Waals surface area contributed by atoms with Crippen LogP contribution in [0.3, 0.4) is 0 Å². The number of hydrogen-bond donors (Lipinski definition) is 0. The van der Waals surface area contributed by atoms with Crippen molar-refractivity contribution in [2.75, 3.05) is 45.2 Å². The number of amides is 1. The van der Waals surface area contributed by atoms with E-state index in [-0.39, 0.29) is 6.09 Å². The summed E-state index contributed by atoms with van der Waals surface area (Å²) in [6.07, 6.45) is 3.07. The number of aromatic nitrogens is 2. The molecule has 0 aromatic carbocycles. The van der Waals surface area contributed by atoms with E-state index >= 15 is 0 Å². The van der Waals surface area contributed by atoms with Gasteiger partial charge in [-0.3, -0.25) is 0 Å². The molecule has 1 fully saturated rings. The molecule has 1 aromatic rings. The number of nitrogens with zero attached hydrogens (tertiary/aromatic N) is 6. The number of ether oxygens (including phenoxy) is 1. The van der Waals surface area contributed by atoms with Gasteiger partial charge in [0, 0.05) is 40.3 Å². The highest BCUT2D eigenvalue weighted by Gasteiger charge is 2.27. The van der Waals surface area contributed by atoms with E-state index in [1.54, 1.807) is 17.4 Å². The van der Waals surface area contributed by atoms with E-state index in [2.05, 4.69) is 35.8 Å². The number of piperazine rings is 1.